The third-order valence-corrected chi connectivity index (χ3v) is 4.25. The Bertz CT molecular complexity index is 820. The summed E-state index contributed by atoms with van der Waals surface area (Å²) in [7, 11) is -2.92. The van der Waals surface area contributed by atoms with Crippen LogP contribution in [0.15, 0.2) is 27.8 Å². The molecule has 0 saturated heterocycles. The van der Waals surface area contributed by atoms with Gasteiger partial charge in [-0.15, -0.1) is 0 Å². The quantitative estimate of drug-likeness (QED) is 0.826. The van der Waals surface area contributed by atoms with Crippen LogP contribution in [0.4, 0.5) is 10.3 Å². The van der Waals surface area contributed by atoms with E-state index >= 15 is 0 Å². The minimum Gasteiger partial charge on any atom is -0.478 e. The smallest absolute Gasteiger partial charge is 0.338 e. The highest BCUT2D eigenvalue weighted by Gasteiger charge is 2.26. The molecule has 0 unspecified atom stereocenters. The maximum absolute atomic E-state index is 14.1. The first-order valence-corrected chi connectivity index (χ1v) is 7.59. The van der Waals surface area contributed by atoms with Crippen LogP contribution >= 0.6 is 15.9 Å². The van der Waals surface area contributed by atoms with Crippen LogP contribution in [0.25, 0.3) is 0 Å². The van der Waals surface area contributed by atoms with E-state index in [0.29, 0.717) is 0 Å². The largest absolute Gasteiger partial charge is 0.478 e. The number of aromatic carboxylic acids is 1. The SMILES string of the molecule is Cn1ncnc1NS(=O)(=O)c1cc(Br)cc(C(=O)O)c1F. The van der Waals surface area contributed by atoms with Gasteiger partial charge in [0, 0.05) is 11.5 Å². The lowest BCUT2D eigenvalue weighted by molar-refractivity contribution is 0.0691. The Balaban J connectivity index is 2.55. The van der Waals surface area contributed by atoms with Crippen LogP contribution in [0.3, 0.4) is 0 Å². The number of carboxylic acid groups (broad SMARTS) is 1. The van der Waals surface area contributed by atoms with Crippen LogP contribution in [0, 0.1) is 5.82 Å². The molecular formula is C10H8BrFN4O4S. The lowest BCUT2D eigenvalue weighted by atomic mass is 10.2. The van der Waals surface area contributed by atoms with Crippen LogP contribution in [-0.4, -0.2) is 34.3 Å². The van der Waals surface area contributed by atoms with E-state index in [-0.39, 0.29) is 10.4 Å². The second-order valence-electron chi connectivity index (χ2n) is 3.88. The van der Waals surface area contributed by atoms with Crippen molar-refractivity contribution < 1.29 is 22.7 Å². The predicted octanol–water partition coefficient (Wildman–Crippen LogP) is 1.22. The molecule has 1 aromatic carbocycles. The van der Waals surface area contributed by atoms with Crippen LogP contribution < -0.4 is 4.72 Å². The van der Waals surface area contributed by atoms with E-state index in [9.17, 15) is 17.6 Å². The fourth-order valence-electron chi connectivity index (χ4n) is 1.48. The fraction of sp³-hybridized carbons (Fsp3) is 0.100. The van der Waals surface area contributed by atoms with Crippen molar-refractivity contribution in [3.05, 3.63) is 34.3 Å². The monoisotopic (exact) mass is 378 g/mol. The first kappa shape index (κ1) is 15.4. The van der Waals surface area contributed by atoms with Gasteiger partial charge in [0.25, 0.3) is 10.0 Å². The van der Waals surface area contributed by atoms with Gasteiger partial charge >= 0.3 is 5.97 Å². The predicted molar refractivity (Wildman–Crippen MR) is 72.9 cm³/mol. The van der Waals surface area contributed by atoms with Gasteiger partial charge in [-0.05, 0) is 12.1 Å². The van der Waals surface area contributed by atoms with Gasteiger partial charge in [0.05, 0.1) is 5.56 Å². The molecule has 0 aliphatic rings. The summed E-state index contributed by atoms with van der Waals surface area (Å²) in [5.41, 5.74) is -0.761. The summed E-state index contributed by atoms with van der Waals surface area (Å²) in [4.78, 5) is 13.8. The van der Waals surface area contributed by atoms with Crippen LogP contribution in [-0.2, 0) is 17.1 Å². The topological polar surface area (TPSA) is 114 Å². The second kappa shape index (κ2) is 5.41. The van der Waals surface area contributed by atoms with Gasteiger partial charge < -0.3 is 5.11 Å². The van der Waals surface area contributed by atoms with Gasteiger partial charge in [0.15, 0.2) is 5.82 Å². The van der Waals surface area contributed by atoms with Crippen molar-refractivity contribution in [3.63, 3.8) is 0 Å². The summed E-state index contributed by atoms with van der Waals surface area (Å²) in [5, 5.41) is 12.5. The molecule has 2 aromatic rings. The molecule has 0 radical (unpaired) electrons. The molecule has 2 N–H and O–H groups in total. The van der Waals surface area contributed by atoms with Gasteiger partial charge in [-0.2, -0.15) is 10.1 Å². The Morgan fingerprint density at radius 1 is 1.48 bits per heavy atom. The minimum absolute atomic E-state index is 0.111. The number of nitrogens with one attached hydrogen (secondary N) is 1. The van der Waals surface area contributed by atoms with E-state index in [4.69, 9.17) is 5.11 Å². The Labute approximate surface area is 126 Å². The standard InChI is InChI=1S/C10H8BrFN4O4S/c1-16-10(13-4-14-16)15-21(19,20)7-3-5(11)2-6(8(7)12)9(17)18/h2-4H,1H3,(H,17,18)(H,13,14,15). The first-order valence-electron chi connectivity index (χ1n) is 5.31. The number of rotatable bonds is 4. The van der Waals surface area contributed by atoms with E-state index in [1.54, 1.807) is 0 Å². The molecule has 0 aliphatic carbocycles. The van der Waals surface area contributed by atoms with Crippen molar-refractivity contribution in [2.24, 2.45) is 7.05 Å². The van der Waals surface area contributed by atoms with Crippen molar-refractivity contribution in [1.82, 2.24) is 14.8 Å². The van der Waals surface area contributed by atoms with Crippen molar-refractivity contribution in [1.29, 1.82) is 0 Å². The molecule has 21 heavy (non-hydrogen) atoms. The van der Waals surface area contributed by atoms with Gasteiger partial charge in [-0.3, -0.25) is 0 Å². The molecule has 1 heterocycles. The Kier molecular flexibility index (Phi) is 3.96. The zero-order valence-corrected chi connectivity index (χ0v) is 12.8. The van der Waals surface area contributed by atoms with Gasteiger partial charge in [-0.1, -0.05) is 15.9 Å². The number of sulfonamides is 1. The average Bonchev–Trinajstić information content (AvgIpc) is 2.76. The molecule has 0 spiro atoms. The number of nitrogens with zero attached hydrogens (tertiary/aromatic N) is 3. The summed E-state index contributed by atoms with van der Waals surface area (Å²) in [6.45, 7) is 0. The molecule has 0 atom stereocenters. The first-order chi connectivity index (χ1) is 9.72. The highest BCUT2D eigenvalue weighted by atomic mass is 79.9. The fourth-order valence-corrected chi connectivity index (χ4v) is 3.25. The van der Waals surface area contributed by atoms with Crippen molar-refractivity contribution >= 4 is 37.9 Å². The summed E-state index contributed by atoms with van der Waals surface area (Å²) in [6.07, 6.45) is 1.11. The van der Waals surface area contributed by atoms with E-state index in [0.717, 1.165) is 23.1 Å². The van der Waals surface area contributed by atoms with Gasteiger partial charge in [-0.25, -0.2) is 27.0 Å². The Morgan fingerprint density at radius 2 is 2.14 bits per heavy atom. The minimum atomic E-state index is -4.36. The normalized spacial score (nSPS) is 11.4. The number of hydrogen-bond acceptors (Lipinski definition) is 5. The number of benzene rings is 1. The number of carboxylic acids is 1. The third kappa shape index (κ3) is 3.03. The lowest BCUT2D eigenvalue weighted by Gasteiger charge is -2.09. The maximum atomic E-state index is 14.1. The molecule has 11 heteroatoms. The summed E-state index contributed by atoms with van der Waals surface area (Å²) in [5.74, 6) is -3.07. The Morgan fingerprint density at radius 3 is 2.67 bits per heavy atom. The molecule has 0 fully saturated rings. The summed E-state index contributed by atoms with van der Waals surface area (Å²) >= 11 is 2.94. The second-order valence-corrected chi connectivity index (χ2v) is 6.45. The summed E-state index contributed by atoms with van der Waals surface area (Å²) < 4.78 is 41.6. The highest BCUT2D eigenvalue weighted by molar-refractivity contribution is 9.10. The molecule has 0 aliphatic heterocycles. The average molecular weight is 379 g/mol. The van der Waals surface area contributed by atoms with E-state index in [1.807, 2.05) is 4.72 Å². The highest BCUT2D eigenvalue weighted by Crippen LogP contribution is 2.25. The molecule has 1 aromatic heterocycles. The van der Waals surface area contributed by atoms with Gasteiger partial charge in [0.1, 0.15) is 11.2 Å². The van der Waals surface area contributed by atoms with Crippen molar-refractivity contribution in [2.75, 3.05) is 4.72 Å². The van der Waals surface area contributed by atoms with Crippen molar-refractivity contribution in [2.45, 2.75) is 4.90 Å². The summed E-state index contributed by atoms with van der Waals surface area (Å²) in [6, 6.07) is 1.93. The zero-order valence-electron chi connectivity index (χ0n) is 10.4. The van der Waals surface area contributed by atoms with Crippen LogP contribution in [0.2, 0.25) is 0 Å². The van der Waals surface area contributed by atoms with E-state index in [2.05, 4.69) is 26.0 Å². The number of halogens is 2. The van der Waals surface area contributed by atoms with Gasteiger partial charge in [0.2, 0.25) is 5.95 Å². The molecular weight excluding hydrogens is 371 g/mol. The molecule has 112 valence electrons. The lowest BCUT2D eigenvalue weighted by Crippen LogP contribution is -2.19. The molecule has 8 nitrogen and oxygen atoms in total. The van der Waals surface area contributed by atoms with E-state index in [1.165, 1.54) is 7.05 Å². The molecule has 0 amide bonds. The number of aromatic nitrogens is 3. The molecule has 0 saturated carbocycles. The van der Waals surface area contributed by atoms with Crippen molar-refractivity contribution in [3.8, 4) is 0 Å². The number of carbonyl (C=O) groups is 1. The number of anilines is 1. The zero-order chi connectivity index (χ0) is 15.8. The molecule has 0 bridgehead atoms. The third-order valence-electron chi connectivity index (χ3n) is 2.46. The maximum Gasteiger partial charge on any atom is 0.338 e. The van der Waals surface area contributed by atoms with Crippen LogP contribution in [0.5, 0.6) is 0 Å². The number of aryl methyl sites for hydroxylation is 1. The van der Waals surface area contributed by atoms with E-state index < -0.39 is 32.3 Å². The number of hydrogen-bond donors (Lipinski definition) is 2. The molecule has 2 rings (SSSR count). The van der Waals surface area contributed by atoms with Crippen LogP contribution in [0.1, 0.15) is 10.4 Å². The Hall–Kier alpha value is -2.01.